The molecule has 0 radical (unpaired) electrons. The van der Waals surface area contributed by atoms with Gasteiger partial charge in [0, 0.05) is 12.6 Å². The van der Waals surface area contributed by atoms with E-state index in [1.165, 1.54) is 16.7 Å². The molecule has 0 aliphatic heterocycles. The van der Waals surface area contributed by atoms with Gasteiger partial charge in [-0.1, -0.05) is 18.2 Å². The Balaban J connectivity index is 1.99. The van der Waals surface area contributed by atoms with Crippen molar-refractivity contribution in [3.05, 3.63) is 64.2 Å². The van der Waals surface area contributed by atoms with Crippen molar-refractivity contribution in [1.29, 1.82) is 0 Å². The van der Waals surface area contributed by atoms with E-state index in [0.717, 1.165) is 11.1 Å². The molecule has 1 amide bonds. The van der Waals surface area contributed by atoms with Crippen molar-refractivity contribution < 1.29 is 14.3 Å². The van der Waals surface area contributed by atoms with Gasteiger partial charge in [0.2, 0.25) is 5.91 Å². The van der Waals surface area contributed by atoms with Crippen LogP contribution in [0.4, 0.5) is 0 Å². The van der Waals surface area contributed by atoms with Crippen molar-refractivity contribution in [2.75, 3.05) is 14.2 Å². The number of rotatable bonds is 6. The summed E-state index contributed by atoms with van der Waals surface area (Å²) >= 11 is 0. The van der Waals surface area contributed by atoms with E-state index in [9.17, 15) is 4.79 Å². The fraction of sp³-hybridized carbons (Fsp3) is 0.286. The van der Waals surface area contributed by atoms with Gasteiger partial charge in [0.25, 0.3) is 0 Å². The van der Waals surface area contributed by atoms with Crippen LogP contribution in [-0.4, -0.2) is 20.1 Å². The molecule has 1 N–H and O–H groups in total. The van der Waals surface area contributed by atoms with Gasteiger partial charge in [0.15, 0.2) is 11.5 Å². The summed E-state index contributed by atoms with van der Waals surface area (Å²) in [6.45, 7) is 6.69. The number of aryl methyl sites for hydroxylation is 2. The van der Waals surface area contributed by atoms with Gasteiger partial charge in [0.05, 0.1) is 14.2 Å². The topological polar surface area (TPSA) is 47.6 Å². The van der Waals surface area contributed by atoms with Gasteiger partial charge in [0.1, 0.15) is 0 Å². The quantitative estimate of drug-likeness (QED) is 0.811. The second-order valence-electron chi connectivity index (χ2n) is 6.02. The van der Waals surface area contributed by atoms with Crippen LogP contribution in [0.5, 0.6) is 11.5 Å². The molecule has 0 aromatic heterocycles. The fourth-order valence-electron chi connectivity index (χ4n) is 2.58. The van der Waals surface area contributed by atoms with E-state index in [1.54, 1.807) is 20.3 Å². The third-order valence-corrected chi connectivity index (χ3v) is 4.29. The first-order valence-corrected chi connectivity index (χ1v) is 8.19. The van der Waals surface area contributed by atoms with E-state index in [-0.39, 0.29) is 5.91 Å². The number of nitrogens with one attached hydrogen (secondary N) is 1. The molecule has 0 fully saturated rings. The number of methoxy groups -OCH3 is 2. The maximum Gasteiger partial charge on any atom is 0.244 e. The van der Waals surface area contributed by atoms with Crippen LogP contribution in [0.3, 0.4) is 0 Å². The number of amides is 1. The van der Waals surface area contributed by atoms with Gasteiger partial charge in [-0.25, -0.2) is 0 Å². The van der Waals surface area contributed by atoms with Crippen LogP contribution < -0.4 is 14.8 Å². The third kappa shape index (κ3) is 4.86. The number of benzene rings is 2. The zero-order valence-corrected chi connectivity index (χ0v) is 15.5. The highest BCUT2D eigenvalue weighted by molar-refractivity contribution is 5.91. The smallest absolute Gasteiger partial charge is 0.244 e. The zero-order chi connectivity index (χ0) is 18.4. The lowest BCUT2D eigenvalue weighted by molar-refractivity contribution is -0.116. The predicted molar refractivity (Wildman–Crippen MR) is 101 cm³/mol. The third-order valence-electron chi connectivity index (χ3n) is 4.29. The second kappa shape index (κ2) is 8.38. The fourth-order valence-corrected chi connectivity index (χ4v) is 2.58. The summed E-state index contributed by atoms with van der Waals surface area (Å²) in [5.41, 5.74) is 5.72. The molecule has 0 saturated heterocycles. The Morgan fingerprint density at radius 2 is 1.64 bits per heavy atom. The number of hydrogen-bond acceptors (Lipinski definition) is 3. The SMILES string of the molecule is COc1ccc(CNC(=O)/C=C/c2cc(C)c(C)c(C)c2)cc1OC. The summed E-state index contributed by atoms with van der Waals surface area (Å²) in [4.78, 5) is 12.1. The van der Waals surface area contributed by atoms with Gasteiger partial charge in [-0.15, -0.1) is 0 Å². The summed E-state index contributed by atoms with van der Waals surface area (Å²) < 4.78 is 10.5. The minimum absolute atomic E-state index is 0.134. The van der Waals surface area contributed by atoms with Gasteiger partial charge >= 0.3 is 0 Å². The van der Waals surface area contributed by atoms with E-state index >= 15 is 0 Å². The van der Waals surface area contributed by atoms with Crippen LogP contribution in [0.2, 0.25) is 0 Å². The summed E-state index contributed by atoms with van der Waals surface area (Å²) in [5.74, 6) is 1.18. The Labute approximate surface area is 149 Å². The van der Waals surface area contributed by atoms with Crippen LogP contribution in [0.25, 0.3) is 6.08 Å². The molecule has 4 nitrogen and oxygen atoms in total. The standard InChI is InChI=1S/C21H25NO3/c1-14-10-17(11-15(2)16(14)3)7-9-21(23)22-13-18-6-8-19(24-4)20(12-18)25-5/h6-12H,13H2,1-5H3,(H,22,23)/b9-7+. The molecule has 0 saturated carbocycles. The molecule has 2 rings (SSSR count). The maximum absolute atomic E-state index is 12.1. The molecule has 0 heterocycles. The number of carbonyl (C=O) groups is 1. The van der Waals surface area contributed by atoms with Crippen LogP contribution in [0, 0.1) is 20.8 Å². The van der Waals surface area contributed by atoms with Gasteiger partial charge in [-0.3, -0.25) is 4.79 Å². The van der Waals surface area contributed by atoms with Crippen molar-refractivity contribution >= 4 is 12.0 Å². The Morgan fingerprint density at radius 3 is 2.24 bits per heavy atom. The maximum atomic E-state index is 12.1. The van der Waals surface area contributed by atoms with Gasteiger partial charge < -0.3 is 14.8 Å². The molecule has 2 aromatic rings. The summed E-state index contributed by atoms with van der Waals surface area (Å²) in [7, 11) is 3.19. The first-order chi connectivity index (χ1) is 11.9. The number of ether oxygens (including phenoxy) is 2. The minimum atomic E-state index is -0.134. The zero-order valence-electron chi connectivity index (χ0n) is 15.5. The van der Waals surface area contributed by atoms with Gasteiger partial charge in [-0.05, 0) is 66.8 Å². The molecule has 0 spiro atoms. The van der Waals surface area contributed by atoms with Crippen LogP contribution in [0.1, 0.15) is 27.8 Å². The Bertz CT molecular complexity index is 771. The summed E-state index contributed by atoms with van der Waals surface area (Å²) in [5, 5.41) is 2.88. The van der Waals surface area contributed by atoms with Crippen molar-refractivity contribution in [2.45, 2.75) is 27.3 Å². The molecule has 0 unspecified atom stereocenters. The lowest BCUT2D eigenvalue weighted by atomic mass is 10.0. The highest BCUT2D eigenvalue weighted by atomic mass is 16.5. The van der Waals surface area contributed by atoms with Crippen molar-refractivity contribution in [3.63, 3.8) is 0 Å². The average Bonchev–Trinajstić information content (AvgIpc) is 2.62. The lowest BCUT2D eigenvalue weighted by Crippen LogP contribution is -2.20. The molecule has 2 aromatic carbocycles. The predicted octanol–water partition coefficient (Wildman–Crippen LogP) is 3.96. The highest BCUT2D eigenvalue weighted by Crippen LogP contribution is 2.27. The summed E-state index contributed by atoms with van der Waals surface area (Å²) in [6.07, 6.45) is 3.40. The molecule has 4 heteroatoms. The van der Waals surface area contributed by atoms with Crippen molar-refractivity contribution in [1.82, 2.24) is 5.32 Å². The Morgan fingerprint density at radius 1 is 1.00 bits per heavy atom. The first-order valence-electron chi connectivity index (χ1n) is 8.19. The van der Waals surface area contributed by atoms with E-state index in [0.29, 0.717) is 18.0 Å². The second-order valence-corrected chi connectivity index (χ2v) is 6.02. The monoisotopic (exact) mass is 339 g/mol. The molecular weight excluding hydrogens is 314 g/mol. The molecular formula is C21H25NO3. The van der Waals surface area contributed by atoms with E-state index in [2.05, 4.69) is 38.2 Å². The van der Waals surface area contributed by atoms with Gasteiger partial charge in [-0.2, -0.15) is 0 Å². The summed E-state index contributed by atoms with van der Waals surface area (Å²) in [6, 6.07) is 9.75. The number of carbonyl (C=O) groups excluding carboxylic acids is 1. The molecule has 132 valence electrons. The molecule has 0 aliphatic rings. The highest BCUT2D eigenvalue weighted by Gasteiger charge is 2.05. The van der Waals surface area contributed by atoms with Crippen LogP contribution >= 0.6 is 0 Å². The Hall–Kier alpha value is -2.75. The van der Waals surface area contributed by atoms with E-state index in [1.807, 2.05) is 24.3 Å². The molecule has 0 bridgehead atoms. The largest absolute Gasteiger partial charge is 0.493 e. The minimum Gasteiger partial charge on any atom is -0.493 e. The average molecular weight is 339 g/mol. The molecule has 25 heavy (non-hydrogen) atoms. The first kappa shape index (κ1) is 18.6. The Kier molecular flexibility index (Phi) is 6.23. The molecule has 0 aliphatic carbocycles. The normalized spacial score (nSPS) is 10.8. The van der Waals surface area contributed by atoms with Crippen molar-refractivity contribution in [2.24, 2.45) is 0 Å². The van der Waals surface area contributed by atoms with Crippen molar-refractivity contribution in [3.8, 4) is 11.5 Å². The van der Waals surface area contributed by atoms with E-state index < -0.39 is 0 Å². The van der Waals surface area contributed by atoms with Crippen LogP contribution in [0.15, 0.2) is 36.4 Å². The number of hydrogen-bond donors (Lipinski definition) is 1. The molecule has 0 atom stereocenters. The van der Waals surface area contributed by atoms with E-state index in [4.69, 9.17) is 9.47 Å². The lowest BCUT2D eigenvalue weighted by Gasteiger charge is -2.10. The van der Waals surface area contributed by atoms with Crippen LogP contribution in [-0.2, 0) is 11.3 Å².